The summed E-state index contributed by atoms with van der Waals surface area (Å²) in [6.45, 7) is 2.92. The lowest BCUT2D eigenvalue weighted by Gasteiger charge is -2.32. The molecule has 1 atom stereocenters. The molecule has 1 aliphatic heterocycles. The third kappa shape index (κ3) is 6.55. The van der Waals surface area contributed by atoms with Crippen molar-refractivity contribution < 1.29 is 13.2 Å². The second-order valence-corrected chi connectivity index (χ2v) is 11.1. The summed E-state index contributed by atoms with van der Waals surface area (Å²) in [7, 11) is -3.18. The van der Waals surface area contributed by atoms with E-state index in [-0.39, 0.29) is 23.6 Å². The Hall–Kier alpha value is -1.40. The topological polar surface area (TPSA) is 66.5 Å². The fraction of sp³-hybridized carbons (Fsp3) is 0.708. The molecule has 1 unspecified atom stereocenters. The molecule has 1 amide bonds. The van der Waals surface area contributed by atoms with Crippen LogP contribution in [-0.2, 0) is 14.8 Å². The highest BCUT2D eigenvalue weighted by molar-refractivity contribution is 7.89. The monoisotopic (exact) mass is 434 g/mol. The summed E-state index contributed by atoms with van der Waals surface area (Å²) in [6.07, 6.45) is 10.2. The molecule has 168 valence electrons. The first-order valence-corrected chi connectivity index (χ1v) is 13.4. The van der Waals surface area contributed by atoms with Crippen molar-refractivity contribution >= 4 is 15.9 Å². The molecule has 2 fully saturated rings. The van der Waals surface area contributed by atoms with Gasteiger partial charge in [0.15, 0.2) is 0 Å². The van der Waals surface area contributed by atoms with Gasteiger partial charge >= 0.3 is 0 Å². The van der Waals surface area contributed by atoms with Gasteiger partial charge in [-0.15, -0.1) is 0 Å². The van der Waals surface area contributed by atoms with E-state index >= 15 is 0 Å². The van der Waals surface area contributed by atoms with Gasteiger partial charge in [-0.3, -0.25) is 4.79 Å². The number of amides is 1. The van der Waals surface area contributed by atoms with Crippen LogP contribution in [0, 0.1) is 11.8 Å². The normalized spacial score (nSPS) is 20.7. The van der Waals surface area contributed by atoms with Gasteiger partial charge in [0.05, 0.1) is 11.8 Å². The number of hydrogen-bond donors (Lipinski definition) is 1. The number of hydrogen-bond acceptors (Lipinski definition) is 3. The number of carbonyl (C=O) groups is 1. The highest BCUT2D eigenvalue weighted by Gasteiger charge is 2.32. The summed E-state index contributed by atoms with van der Waals surface area (Å²) in [5.41, 5.74) is 1.18. The van der Waals surface area contributed by atoms with E-state index in [4.69, 9.17) is 0 Å². The van der Waals surface area contributed by atoms with Crippen LogP contribution in [0.4, 0.5) is 0 Å². The minimum Gasteiger partial charge on any atom is -0.349 e. The molecule has 1 aromatic rings. The number of nitrogens with zero attached hydrogens (tertiary/aromatic N) is 1. The fourth-order valence-corrected chi connectivity index (χ4v) is 6.54. The van der Waals surface area contributed by atoms with E-state index in [0.29, 0.717) is 38.3 Å². The summed E-state index contributed by atoms with van der Waals surface area (Å²) in [4.78, 5) is 13.1. The van der Waals surface area contributed by atoms with Crippen molar-refractivity contribution in [2.24, 2.45) is 11.8 Å². The molecule has 2 aliphatic rings. The average Bonchev–Trinajstić information content (AvgIpc) is 2.78. The summed E-state index contributed by atoms with van der Waals surface area (Å²) in [5, 5.41) is 3.33. The van der Waals surface area contributed by atoms with Crippen molar-refractivity contribution in [1.29, 1.82) is 0 Å². The summed E-state index contributed by atoms with van der Waals surface area (Å²) >= 11 is 0. The molecule has 1 aromatic carbocycles. The molecule has 5 nitrogen and oxygen atoms in total. The molecule has 1 saturated carbocycles. The van der Waals surface area contributed by atoms with E-state index in [1.54, 1.807) is 4.31 Å². The lowest BCUT2D eigenvalue weighted by Crippen LogP contribution is -2.44. The quantitative estimate of drug-likeness (QED) is 0.615. The minimum absolute atomic E-state index is 0.0492. The van der Waals surface area contributed by atoms with Crippen LogP contribution in [0.1, 0.15) is 82.7 Å². The number of nitrogens with one attached hydrogen (secondary N) is 1. The van der Waals surface area contributed by atoms with E-state index in [9.17, 15) is 13.2 Å². The van der Waals surface area contributed by atoms with Crippen LogP contribution in [0.2, 0.25) is 0 Å². The highest BCUT2D eigenvalue weighted by Crippen LogP contribution is 2.32. The number of piperidine rings is 1. The van der Waals surface area contributed by atoms with Crippen LogP contribution in [0.25, 0.3) is 0 Å². The Labute approximate surface area is 182 Å². The Morgan fingerprint density at radius 2 is 1.73 bits per heavy atom. The first-order valence-electron chi connectivity index (χ1n) is 11.8. The van der Waals surface area contributed by atoms with Gasteiger partial charge in [0.2, 0.25) is 15.9 Å². The molecule has 0 bridgehead atoms. The predicted molar refractivity (Wildman–Crippen MR) is 122 cm³/mol. The Morgan fingerprint density at radius 3 is 2.37 bits per heavy atom. The molecule has 0 aromatic heterocycles. The van der Waals surface area contributed by atoms with Gasteiger partial charge in [0.25, 0.3) is 0 Å². The van der Waals surface area contributed by atoms with Crippen LogP contribution in [0.5, 0.6) is 0 Å². The Morgan fingerprint density at radius 1 is 1.07 bits per heavy atom. The third-order valence-electron chi connectivity index (χ3n) is 6.79. The summed E-state index contributed by atoms with van der Waals surface area (Å²) in [6, 6.07) is 10.3. The first kappa shape index (κ1) is 23.3. The van der Waals surface area contributed by atoms with Crippen molar-refractivity contribution in [3.05, 3.63) is 35.9 Å². The van der Waals surface area contributed by atoms with Crippen molar-refractivity contribution in [2.45, 2.75) is 77.2 Å². The highest BCUT2D eigenvalue weighted by atomic mass is 32.2. The number of sulfonamides is 1. The maximum Gasteiger partial charge on any atom is 0.223 e. The van der Waals surface area contributed by atoms with E-state index < -0.39 is 10.0 Å². The number of carbonyl (C=O) groups excluding carboxylic acids is 1. The Balaban J connectivity index is 1.58. The van der Waals surface area contributed by atoms with Gasteiger partial charge in [-0.25, -0.2) is 12.7 Å². The summed E-state index contributed by atoms with van der Waals surface area (Å²) in [5.74, 6) is 0.887. The van der Waals surface area contributed by atoms with E-state index in [1.165, 1.54) is 37.7 Å². The van der Waals surface area contributed by atoms with Crippen LogP contribution >= 0.6 is 0 Å². The smallest absolute Gasteiger partial charge is 0.223 e. The third-order valence-corrected chi connectivity index (χ3v) is 8.74. The second-order valence-electron chi connectivity index (χ2n) is 9.05. The maximum absolute atomic E-state index is 13.1. The zero-order valence-electron chi connectivity index (χ0n) is 18.4. The molecule has 1 heterocycles. The zero-order chi connectivity index (χ0) is 21.4. The van der Waals surface area contributed by atoms with Crippen molar-refractivity contribution in [1.82, 2.24) is 9.62 Å². The summed E-state index contributed by atoms with van der Waals surface area (Å²) < 4.78 is 26.4. The van der Waals surface area contributed by atoms with Crippen molar-refractivity contribution in [3.8, 4) is 0 Å². The van der Waals surface area contributed by atoms with Crippen molar-refractivity contribution in [2.75, 3.05) is 18.8 Å². The molecule has 3 rings (SSSR count). The van der Waals surface area contributed by atoms with Gasteiger partial charge in [0.1, 0.15) is 0 Å². The number of rotatable bonds is 9. The van der Waals surface area contributed by atoms with Crippen LogP contribution in [0.3, 0.4) is 0 Å². The van der Waals surface area contributed by atoms with Gasteiger partial charge in [-0.05, 0) is 37.2 Å². The van der Waals surface area contributed by atoms with Gasteiger partial charge in [0, 0.05) is 19.0 Å². The SMILES string of the molecule is CCCCS(=O)(=O)N1CCC(C(=O)NC(CC2CCCCC2)c2ccccc2)CC1. The zero-order valence-corrected chi connectivity index (χ0v) is 19.2. The van der Waals surface area contributed by atoms with Gasteiger partial charge in [-0.2, -0.15) is 0 Å². The molecule has 6 heteroatoms. The number of unbranched alkanes of at least 4 members (excludes halogenated alkanes) is 1. The lowest BCUT2D eigenvalue weighted by molar-refractivity contribution is -0.127. The standard InChI is InChI=1S/C24H38N2O3S/c1-2-3-18-30(28,29)26-16-14-22(15-17-26)24(27)25-23(21-12-8-5-9-13-21)19-20-10-6-4-7-11-20/h5,8-9,12-13,20,22-23H,2-4,6-7,10-11,14-19H2,1H3,(H,25,27). The second kappa shape index (κ2) is 11.3. The molecule has 1 aliphatic carbocycles. The molecular weight excluding hydrogens is 396 g/mol. The average molecular weight is 435 g/mol. The molecule has 1 saturated heterocycles. The van der Waals surface area contributed by atoms with Gasteiger partial charge in [-0.1, -0.05) is 75.8 Å². The fourth-order valence-electron chi connectivity index (χ4n) is 4.86. The molecular formula is C24H38N2O3S. The van der Waals surface area contributed by atoms with Crippen LogP contribution in [0.15, 0.2) is 30.3 Å². The van der Waals surface area contributed by atoms with Crippen LogP contribution < -0.4 is 5.32 Å². The van der Waals surface area contributed by atoms with E-state index in [1.807, 2.05) is 25.1 Å². The van der Waals surface area contributed by atoms with Crippen LogP contribution in [-0.4, -0.2) is 37.5 Å². The Bertz CT molecular complexity index is 752. The predicted octanol–water partition coefficient (Wildman–Crippen LogP) is 4.66. The van der Waals surface area contributed by atoms with Crippen molar-refractivity contribution in [3.63, 3.8) is 0 Å². The largest absolute Gasteiger partial charge is 0.349 e. The lowest BCUT2D eigenvalue weighted by atomic mass is 9.83. The molecule has 0 spiro atoms. The van der Waals surface area contributed by atoms with E-state index in [0.717, 1.165) is 12.8 Å². The maximum atomic E-state index is 13.1. The Kier molecular flexibility index (Phi) is 8.75. The molecule has 1 N–H and O–H groups in total. The minimum atomic E-state index is -3.18. The number of benzene rings is 1. The molecule has 0 radical (unpaired) electrons. The molecule has 30 heavy (non-hydrogen) atoms. The van der Waals surface area contributed by atoms with Gasteiger partial charge < -0.3 is 5.32 Å². The van der Waals surface area contributed by atoms with E-state index in [2.05, 4.69) is 17.4 Å². The first-order chi connectivity index (χ1) is 14.5.